The van der Waals surface area contributed by atoms with Gasteiger partial charge in [0.15, 0.2) is 0 Å². The molecule has 0 fully saturated rings. The van der Waals surface area contributed by atoms with Gasteiger partial charge in [-0.15, -0.1) is 0 Å². The fraction of sp³-hybridized carbons (Fsp3) is 0.100. The van der Waals surface area contributed by atoms with Crippen LogP contribution in [0.5, 0.6) is 0 Å². The van der Waals surface area contributed by atoms with Gasteiger partial charge in [0.1, 0.15) is 0 Å². The molecule has 0 aliphatic rings. The van der Waals surface area contributed by atoms with Crippen molar-refractivity contribution < 1.29 is 0 Å². The number of pyridine rings is 2. The molecule has 0 aliphatic carbocycles. The van der Waals surface area contributed by atoms with E-state index >= 15 is 0 Å². The van der Waals surface area contributed by atoms with E-state index in [4.69, 9.17) is 0 Å². The molecule has 2 aromatic heterocycles. The lowest BCUT2D eigenvalue weighted by molar-refractivity contribution is 1.05. The van der Waals surface area contributed by atoms with E-state index in [1.807, 2.05) is 73.4 Å². The first kappa shape index (κ1) is 15.7. The molecule has 0 radical (unpaired) electrons. The number of rotatable bonds is 6. The maximum Gasteiger partial charge on any atom is 0.0654 e. The highest BCUT2D eigenvalue weighted by Gasteiger charge is 1.92. The Balaban J connectivity index is 1.53. The van der Waals surface area contributed by atoms with Gasteiger partial charge in [-0.25, -0.2) is 0 Å². The van der Waals surface area contributed by atoms with Crippen LogP contribution in [0.25, 0.3) is 0 Å². The van der Waals surface area contributed by atoms with Crippen LogP contribution >= 0.6 is 0 Å². The smallest absolute Gasteiger partial charge is 0.0654 e. The highest BCUT2D eigenvalue weighted by Crippen LogP contribution is 2.03. The van der Waals surface area contributed by atoms with Gasteiger partial charge in [0.05, 0.1) is 13.1 Å². The van der Waals surface area contributed by atoms with Gasteiger partial charge in [-0.1, -0.05) is 36.4 Å². The lowest BCUT2D eigenvalue weighted by Gasteiger charge is -1.97. The summed E-state index contributed by atoms with van der Waals surface area (Å²) >= 11 is 0. The van der Waals surface area contributed by atoms with E-state index in [-0.39, 0.29) is 0 Å². The van der Waals surface area contributed by atoms with Gasteiger partial charge < -0.3 is 0 Å². The molecule has 0 saturated carbocycles. The van der Waals surface area contributed by atoms with Crippen molar-refractivity contribution in [2.75, 3.05) is 0 Å². The van der Waals surface area contributed by atoms with Crippen molar-refractivity contribution in [3.05, 3.63) is 95.6 Å². The largest absolute Gasteiger partial charge is 0.288 e. The van der Waals surface area contributed by atoms with Crippen LogP contribution in [0, 0.1) is 0 Å². The highest BCUT2D eigenvalue weighted by atomic mass is 14.7. The molecule has 0 N–H and O–H groups in total. The second-order valence-corrected chi connectivity index (χ2v) is 5.33. The minimum absolute atomic E-state index is 0.641. The van der Waals surface area contributed by atoms with Crippen molar-refractivity contribution in [3.63, 3.8) is 0 Å². The normalized spacial score (nSPS) is 11.3. The molecule has 4 heteroatoms. The van der Waals surface area contributed by atoms with E-state index in [1.54, 1.807) is 12.4 Å². The predicted molar refractivity (Wildman–Crippen MR) is 97.5 cm³/mol. The van der Waals surface area contributed by atoms with Gasteiger partial charge in [0, 0.05) is 37.2 Å². The van der Waals surface area contributed by atoms with E-state index in [9.17, 15) is 0 Å². The Morgan fingerprint density at radius 3 is 1.50 bits per heavy atom. The van der Waals surface area contributed by atoms with Crippen LogP contribution < -0.4 is 0 Å². The first-order valence-electron chi connectivity index (χ1n) is 7.78. The first-order chi connectivity index (χ1) is 11.9. The summed E-state index contributed by atoms with van der Waals surface area (Å²) in [6, 6.07) is 16.0. The zero-order chi connectivity index (χ0) is 16.5. The van der Waals surface area contributed by atoms with Crippen molar-refractivity contribution in [2.24, 2.45) is 9.98 Å². The molecule has 0 amide bonds. The topological polar surface area (TPSA) is 50.5 Å². The van der Waals surface area contributed by atoms with Gasteiger partial charge in [0.25, 0.3) is 0 Å². The zero-order valence-corrected chi connectivity index (χ0v) is 13.3. The molecule has 0 atom stereocenters. The van der Waals surface area contributed by atoms with Crippen molar-refractivity contribution >= 4 is 12.4 Å². The maximum atomic E-state index is 4.44. The van der Waals surface area contributed by atoms with Gasteiger partial charge in [-0.3, -0.25) is 20.0 Å². The lowest BCUT2D eigenvalue weighted by Crippen LogP contribution is -1.88. The Labute approximate surface area is 141 Å². The van der Waals surface area contributed by atoms with E-state index in [1.165, 1.54) is 0 Å². The van der Waals surface area contributed by atoms with E-state index in [2.05, 4.69) is 20.0 Å². The first-order valence-corrected chi connectivity index (χ1v) is 7.78. The molecule has 3 rings (SSSR count). The van der Waals surface area contributed by atoms with Crippen molar-refractivity contribution in [1.29, 1.82) is 0 Å². The van der Waals surface area contributed by atoms with Crippen LogP contribution in [0.4, 0.5) is 0 Å². The van der Waals surface area contributed by atoms with Crippen molar-refractivity contribution in [3.8, 4) is 0 Å². The van der Waals surface area contributed by atoms with Crippen LogP contribution in [-0.2, 0) is 13.1 Å². The molecule has 0 bridgehead atoms. The molecule has 118 valence electrons. The van der Waals surface area contributed by atoms with E-state index < -0.39 is 0 Å². The third-order valence-electron chi connectivity index (χ3n) is 3.41. The molecule has 0 unspecified atom stereocenters. The monoisotopic (exact) mass is 314 g/mol. The van der Waals surface area contributed by atoms with Gasteiger partial charge >= 0.3 is 0 Å². The third-order valence-corrected chi connectivity index (χ3v) is 3.41. The molecular formula is C20H18N4. The molecular weight excluding hydrogens is 296 g/mol. The van der Waals surface area contributed by atoms with E-state index in [0.717, 1.165) is 22.3 Å². The van der Waals surface area contributed by atoms with E-state index in [0.29, 0.717) is 13.1 Å². The van der Waals surface area contributed by atoms with Crippen LogP contribution in [0.1, 0.15) is 22.3 Å². The molecule has 24 heavy (non-hydrogen) atoms. The summed E-state index contributed by atoms with van der Waals surface area (Å²) in [6.07, 6.45) is 11.0. The Hall–Kier alpha value is -3.14. The van der Waals surface area contributed by atoms with Gasteiger partial charge in [0.2, 0.25) is 0 Å². The summed E-state index contributed by atoms with van der Waals surface area (Å²) in [5.74, 6) is 0. The van der Waals surface area contributed by atoms with Crippen LogP contribution in [0.3, 0.4) is 0 Å². The summed E-state index contributed by atoms with van der Waals surface area (Å²) in [4.78, 5) is 17.0. The quantitative estimate of drug-likeness (QED) is 0.651. The second-order valence-electron chi connectivity index (χ2n) is 5.33. The Morgan fingerprint density at radius 1 is 0.667 bits per heavy atom. The fourth-order valence-corrected chi connectivity index (χ4v) is 2.16. The highest BCUT2D eigenvalue weighted by molar-refractivity contribution is 5.84. The zero-order valence-electron chi connectivity index (χ0n) is 13.3. The average molecular weight is 314 g/mol. The molecule has 0 spiro atoms. The summed E-state index contributed by atoms with van der Waals surface area (Å²) in [5, 5.41) is 0. The maximum absolute atomic E-state index is 4.44. The standard InChI is InChI=1S/C20H18N4/c1-3-19(13-21-9-1)15-23-11-17-5-7-18(8-6-17)12-24-16-20-4-2-10-22-14-20/h1-14H,15-16H2. The van der Waals surface area contributed by atoms with Gasteiger partial charge in [-0.2, -0.15) is 0 Å². The number of benzene rings is 1. The molecule has 0 aliphatic heterocycles. The molecule has 3 aromatic rings. The Morgan fingerprint density at radius 2 is 1.12 bits per heavy atom. The average Bonchev–Trinajstić information content (AvgIpc) is 2.65. The molecule has 2 heterocycles. The lowest BCUT2D eigenvalue weighted by atomic mass is 10.1. The number of hydrogen-bond donors (Lipinski definition) is 0. The molecule has 4 nitrogen and oxygen atoms in total. The fourth-order valence-electron chi connectivity index (χ4n) is 2.16. The van der Waals surface area contributed by atoms with Crippen molar-refractivity contribution in [2.45, 2.75) is 13.1 Å². The Bertz CT molecular complexity index is 724. The van der Waals surface area contributed by atoms with Crippen LogP contribution in [0.15, 0.2) is 83.3 Å². The molecule has 1 aromatic carbocycles. The van der Waals surface area contributed by atoms with Crippen LogP contribution in [-0.4, -0.2) is 22.4 Å². The second kappa shape index (κ2) is 8.48. The van der Waals surface area contributed by atoms with Crippen molar-refractivity contribution in [1.82, 2.24) is 9.97 Å². The summed E-state index contributed by atoms with van der Waals surface area (Å²) < 4.78 is 0. The summed E-state index contributed by atoms with van der Waals surface area (Å²) in [6.45, 7) is 1.28. The molecule has 0 saturated heterocycles. The minimum Gasteiger partial charge on any atom is -0.288 e. The number of aromatic nitrogens is 2. The summed E-state index contributed by atoms with van der Waals surface area (Å²) in [5.41, 5.74) is 4.35. The third kappa shape index (κ3) is 4.95. The minimum atomic E-state index is 0.641. The van der Waals surface area contributed by atoms with Gasteiger partial charge in [-0.05, 0) is 34.4 Å². The number of aliphatic imine (C=N–C) groups is 2. The number of nitrogens with zero attached hydrogens (tertiary/aromatic N) is 4. The Kier molecular flexibility index (Phi) is 5.56. The predicted octanol–water partition coefficient (Wildman–Crippen LogP) is 3.71. The summed E-state index contributed by atoms with van der Waals surface area (Å²) in [7, 11) is 0. The number of hydrogen-bond acceptors (Lipinski definition) is 4. The SMILES string of the molecule is C(=NCc1cccnc1)c1ccc(C=NCc2cccnc2)cc1. The van der Waals surface area contributed by atoms with Crippen LogP contribution in [0.2, 0.25) is 0 Å².